The van der Waals surface area contributed by atoms with E-state index in [9.17, 15) is 22.4 Å². The largest absolute Gasteiger partial charge is 0.488 e. The standard InChI is InChI=1S/C15H20F4N2O2/c1-14(2,3)12(21-13(22)20-9-15(17,18)19)8-23-11-7-5-4-6-10(11)16/h4-7,12H,8-9H2,1-3H3,(H2,20,21,22). The number of urea groups is 1. The molecule has 0 bridgehead atoms. The summed E-state index contributed by atoms with van der Waals surface area (Å²) in [6, 6.07) is 4.18. The molecule has 4 nitrogen and oxygen atoms in total. The summed E-state index contributed by atoms with van der Waals surface area (Å²) >= 11 is 0. The lowest BCUT2D eigenvalue weighted by Gasteiger charge is -2.31. The zero-order valence-electron chi connectivity index (χ0n) is 13.1. The molecule has 0 aliphatic heterocycles. The molecule has 1 aromatic carbocycles. The summed E-state index contributed by atoms with van der Waals surface area (Å²) in [6.45, 7) is 3.85. The molecule has 0 aliphatic carbocycles. The average molecular weight is 336 g/mol. The second-order valence-corrected chi connectivity index (χ2v) is 6.10. The summed E-state index contributed by atoms with van der Waals surface area (Å²) < 4.78 is 55.1. The molecule has 8 heteroatoms. The van der Waals surface area contributed by atoms with Crippen molar-refractivity contribution < 1.29 is 27.1 Å². The van der Waals surface area contributed by atoms with Crippen LogP contribution >= 0.6 is 0 Å². The van der Waals surface area contributed by atoms with Crippen LogP contribution in [-0.2, 0) is 0 Å². The van der Waals surface area contributed by atoms with Crippen molar-refractivity contribution in [1.29, 1.82) is 0 Å². The Morgan fingerprint density at radius 3 is 2.35 bits per heavy atom. The number of carbonyl (C=O) groups excluding carboxylic acids is 1. The van der Waals surface area contributed by atoms with E-state index in [0.29, 0.717) is 0 Å². The SMILES string of the molecule is CC(C)(C)C(COc1ccccc1F)NC(=O)NCC(F)(F)F. The van der Waals surface area contributed by atoms with Gasteiger partial charge in [-0.1, -0.05) is 32.9 Å². The minimum atomic E-state index is -4.49. The van der Waals surface area contributed by atoms with Crippen LogP contribution < -0.4 is 15.4 Å². The van der Waals surface area contributed by atoms with Crippen molar-refractivity contribution in [3.63, 3.8) is 0 Å². The van der Waals surface area contributed by atoms with Gasteiger partial charge in [0.15, 0.2) is 11.6 Å². The molecule has 1 aromatic rings. The molecule has 2 amide bonds. The molecule has 1 atom stereocenters. The van der Waals surface area contributed by atoms with Gasteiger partial charge in [0, 0.05) is 0 Å². The predicted molar refractivity (Wildman–Crippen MR) is 77.7 cm³/mol. The summed E-state index contributed by atoms with van der Waals surface area (Å²) in [7, 11) is 0. The van der Waals surface area contributed by atoms with E-state index >= 15 is 0 Å². The number of halogens is 4. The molecule has 1 rings (SSSR count). The van der Waals surface area contributed by atoms with Gasteiger partial charge in [-0.3, -0.25) is 0 Å². The van der Waals surface area contributed by atoms with Crippen LogP contribution in [-0.4, -0.2) is 31.4 Å². The summed E-state index contributed by atoms with van der Waals surface area (Å²) in [4.78, 5) is 11.6. The van der Waals surface area contributed by atoms with Gasteiger partial charge in [0.1, 0.15) is 13.2 Å². The zero-order valence-corrected chi connectivity index (χ0v) is 13.1. The Hall–Kier alpha value is -1.99. The summed E-state index contributed by atoms with van der Waals surface area (Å²) in [5, 5.41) is 4.15. The number of carbonyl (C=O) groups is 1. The maximum absolute atomic E-state index is 13.5. The van der Waals surface area contributed by atoms with Gasteiger partial charge in [0.2, 0.25) is 0 Å². The van der Waals surface area contributed by atoms with Crippen molar-refractivity contribution in [3.05, 3.63) is 30.1 Å². The number of alkyl halides is 3. The third-order valence-corrected chi connectivity index (χ3v) is 3.04. The molecule has 23 heavy (non-hydrogen) atoms. The second kappa shape index (κ2) is 7.52. The van der Waals surface area contributed by atoms with Crippen LogP contribution in [0.25, 0.3) is 0 Å². The van der Waals surface area contributed by atoms with Crippen LogP contribution in [0.2, 0.25) is 0 Å². The van der Waals surface area contributed by atoms with Crippen LogP contribution in [0.3, 0.4) is 0 Å². The molecular weight excluding hydrogens is 316 g/mol. The Balaban J connectivity index is 2.63. The fourth-order valence-corrected chi connectivity index (χ4v) is 1.63. The van der Waals surface area contributed by atoms with Gasteiger partial charge in [0.05, 0.1) is 6.04 Å². The smallest absolute Gasteiger partial charge is 0.405 e. The number of rotatable bonds is 5. The van der Waals surface area contributed by atoms with Gasteiger partial charge in [0.25, 0.3) is 0 Å². The molecule has 0 aliphatic rings. The summed E-state index contributed by atoms with van der Waals surface area (Å²) in [5.41, 5.74) is -0.499. The fraction of sp³-hybridized carbons (Fsp3) is 0.533. The predicted octanol–water partition coefficient (Wildman–Crippen LogP) is 3.48. The Bertz CT molecular complexity index is 527. The van der Waals surface area contributed by atoms with E-state index in [4.69, 9.17) is 4.74 Å². The van der Waals surface area contributed by atoms with E-state index in [1.54, 1.807) is 32.2 Å². The van der Waals surface area contributed by atoms with E-state index in [0.717, 1.165) is 0 Å². The van der Waals surface area contributed by atoms with Crippen molar-refractivity contribution in [2.24, 2.45) is 5.41 Å². The molecule has 1 unspecified atom stereocenters. The van der Waals surface area contributed by atoms with Crippen molar-refractivity contribution in [2.45, 2.75) is 33.0 Å². The number of hydrogen-bond acceptors (Lipinski definition) is 2. The van der Waals surface area contributed by atoms with E-state index in [-0.39, 0.29) is 12.4 Å². The van der Waals surface area contributed by atoms with Crippen molar-refractivity contribution in [3.8, 4) is 5.75 Å². The van der Waals surface area contributed by atoms with Crippen LogP contribution in [0, 0.1) is 11.2 Å². The van der Waals surface area contributed by atoms with Gasteiger partial charge in [-0.15, -0.1) is 0 Å². The van der Waals surface area contributed by atoms with Crippen molar-refractivity contribution in [1.82, 2.24) is 10.6 Å². The first-order valence-electron chi connectivity index (χ1n) is 6.97. The highest BCUT2D eigenvalue weighted by Gasteiger charge is 2.30. The van der Waals surface area contributed by atoms with Crippen LogP contribution in [0.1, 0.15) is 20.8 Å². The average Bonchev–Trinajstić information content (AvgIpc) is 2.40. The first-order valence-corrected chi connectivity index (χ1v) is 6.97. The molecular formula is C15H20F4N2O2. The van der Waals surface area contributed by atoms with Gasteiger partial charge in [-0.2, -0.15) is 13.2 Å². The minimum absolute atomic E-state index is 0.0132. The van der Waals surface area contributed by atoms with Gasteiger partial charge < -0.3 is 15.4 Å². The molecule has 2 N–H and O–H groups in total. The van der Waals surface area contributed by atoms with Crippen LogP contribution in [0.5, 0.6) is 5.75 Å². The lowest BCUT2D eigenvalue weighted by atomic mass is 9.87. The second-order valence-electron chi connectivity index (χ2n) is 6.10. The van der Waals surface area contributed by atoms with E-state index in [1.807, 2.05) is 0 Å². The quantitative estimate of drug-likeness (QED) is 0.809. The Kier molecular flexibility index (Phi) is 6.23. The Labute approximate surface area is 132 Å². The summed E-state index contributed by atoms with van der Waals surface area (Å²) in [5.74, 6) is -0.541. The topological polar surface area (TPSA) is 50.4 Å². The van der Waals surface area contributed by atoms with Crippen LogP contribution in [0.15, 0.2) is 24.3 Å². The highest BCUT2D eigenvalue weighted by atomic mass is 19.4. The van der Waals surface area contributed by atoms with E-state index < -0.39 is 36.0 Å². The number of ether oxygens (including phenoxy) is 1. The molecule has 0 saturated heterocycles. The number of para-hydroxylation sites is 1. The first kappa shape index (κ1) is 19.1. The highest BCUT2D eigenvalue weighted by molar-refractivity contribution is 5.74. The number of benzene rings is 1. The molecule has 0 heterocycles. The minimum Gasteiger partial charge on any atom is -0.488 e. The fourth-order valence-electron chi connectivity index (χ4n) is 1.63. The summed E-state index contributed by atoms with van der Waals surface area (Å²) in [6.07, 6.45) is -4.49. The molecule has 0 radical (unpaired) electrons. The normalized spacial score (nSPS) is 13.3. The lowest BCUT2D eigenvalue weighted by molar-refractivity contribution is -0.122. The van der Waals surface area contributed by atoms with Gasteiger partial charge >= 0.3 is 12.2 Å². The van der Waals surface area contributed by atoms with Gasteiger partial charge in [-0.25, -0.2) is 9.18 Å². The third kappa shape index (κ3) is 7.21. The Morgan fingerprint density at radius 1 is 1.22 bits per heavy atom. The lowest BCUT2D eigenvalue weighted by Crippen LogP contribution is -2.52. The van der Waals surface area contributed by atoms with Crippen molar-refractivity contribution in [2.75, 3.05) is 13.2 Å². The maximum atomic E-state index is 13.5. The number of hydrogen-bond donors (Lipinski definition) is 2. The highest BCUT2D eigenvalue weighted by Crippen LogP contribution is 2.22. The maximum Gasteiger partial charge on any atom is 0.405 e. The number of amides is 2. The molecule has 0 spiro atoms. The van der Waals surface area contributed by atoms with E-state index in [2.05, 4.69) is 5.32 Å². The first-order chi connectivity index (χ1) is 10.5. The monoisotopic (exact) mass is 336 g/mol. The molecule has 0 saturated carbocycles. The van der Waals surface area contributed by atoms with E-state index in [1.165, 1.54) is 18.2 Å². The van der Waals surface area contributed by atoms with Crippen LogP contribution in [0.4, 0.5) is 22.4 Å². The zero-order chi connectivity index (χ0) is 17.7. The third-order valence-electron chi connectivity index (χ3n) is 3.04. The Morgan fingerprint density at radius 2 is 1.83 bits per heavy atom. The number of nitrogens with one attached hydrogen (secondary N) is 2. The molecule has 130 valence electrons. The van der Waals surface area contributed by atoms with Gasteiger partial charge in [-0.05, 0) is 17.5 Å². The molecule has 0 aromatic heterocycles. The van der Waals surface area contributed by atoms with Crippen molar-refractivity contribution >= 4 is 6.03 Å². The molecule has 0 fully saturated rings.